The fraction of sp³-hybridized carbons (Fsp3) is 1.00. The third kappa shape index (κ3) is 3.94. The van der Waals surface area contributed by atoms with Crippen molar-refractivity contribution in [3.8, 4) is 0 Å². The summed E-state index contributed by atoms with van der Waals surface area (Å²) in [4.78, 5) is 0. The minimum absolute atomic E-state index is 0.162. The Morgan fingerprint density at radius 3 is 1.95 bits per heavy atom. The van der Waals surface area contributed by atoms with E-state index in [-0.39, 0.29) is 5.41 Å². The molecule has 3 nitrogen and oxygen atoms in total. The van der Waals surface area contributed by atoms with Crippen LogP contribution in [0.15, 0.2) is 0 Å². The molecule has 3 saturated carbocycles. The SMILES string of the molecule is CCCCCC12CCC(COS(C)(=O)=O)(CC1)CC2. The first-order chi connectivity index (χ1) is 8.89. The second kappa shape index (κ2) is 5.72. The molecule has 3 aliphatic carbocycles. The van der Waals surface area contributed by atoms with Crippen LogP contribution in [0.4, 0.5) is 0 Å². The molecule has 3 fully saturated rings. The van der Waals surface area contributed by atoms with Crippen LogP contribution in [0, 0.1) is 10.8 Å². The summed E-state index contributed by atoms with van der Waals surface area (Å²) in [7, 11) is -3.29. The molecular weight excluding hydrogens is 260 g/mol. The first kappa shape index (κ1) is 15.3. The predicted molar refractivity (Wildman–Crippen MR) is 77.5 cm³/mol. The van der Waals surface area contributed by atoms with Crippen molar-refractivity contribution in [2.45, 2.75) is 71.1 Å². The second-order valence-corrected chi connectivity index (χ2v) is 8.57. The molecule has 0 aromatic heterocycles. The molecule has 2 bridgehead atoms. The minimum Gasteiger partial charge on any atom is -0.270 e. The number of hydrogen-bond acceptors (Lipinski definition) is 3. The van der Waals surface area contributed by atoms with E-state index >= 15 is 0 Å². The summed E-state index contributed by atoms with van der Waals surface area (Å²) in [6.45, 7) is 2.67. The lowest BCUT2D eigenvalue weighted by Crippen LogP contribution is -2.44. The topological polar surface area (TPSA) is 43.4 Å². The van der Waals surface area contributed by atoms with E-state index in [2.05, 4.69) is 6.92 Å². The van der Waals surface area contributed by atoms with E-state index in [1.165, 1.54) is 44.9 Å². The molecule has 0 amide bonds. The Morgan fingerprint density at radius 1 is 0.947 bits per heavy atom. The van der Waals surface area contributed by atoms with Crippen molar-refractivity contribution < 1.29 is 12.6 Å². The van der Waals surface area contributed by atoms with Gasteiger partial charge in [-0.05, 0) is 55.8 Å². The molecule has 0 spiro atoms. The average Bonchev–Trinajstić information content (AvgIpc) is 2.39. The van der Waals surface area contributed by atoms with Crippen LogP contribution < -0.4 is 0 Å². The molecule has 0 heterocycles. The summed E-state index contributed by atoms with van der Waals surface area (Å²) in [5, 5.41) is 0. The highest BCUT2D eigenvalue weighted by Gasteiger charge is 2.48. The number of fused-ring (bicyclic) bond motifs is 3. The number of unbranched alkanes of at least 4 members (excludes halogenated alkanes) is 2. The fourth-order valence-corrected chi connectivity index (χ4v) is 4.38. The summed E-state index contributed by atoms with van der Waals surface area (Å²) in [5.74, 6) is 0. The molecule has 0 aromatic rings. The molecule has 0 N–H and O–H groups in total. The highest BCUT2D eigenvalue weighted by atomic mass is 32.2. The maximum absolute atomic E-state index is 11.2. The fourth-order valence-electron chi connectivity index (χ4n) is 3.91. The molecule has 0 atom stereocenters. The summed E-state index contributed by atoms with van der Waals surface area (Å²) in [6.07, 6.45) is 13.9. The summed E-state index contributed by atoms with van der Waals surface area (Å²) >= 11 is 0. The Kier molecular flexibility index (Phi) is 4.61. The third-order valence-corrected chi connectivity index (χ3v) is 5.99. The first-order valence-electron chi connectivity index (χ1n) is 7.73. The summed E-state index contributed by atoms with van der Waals surface area (Å²) in [6, 6.07) is 0. The van der Waals surface area contributed by atoms with Gasteiger partial charge in [0.25, 0.3) is 10.1 Å². The molecule has 3 aliphatic rings. The Morgan fingerprint density at radius 2 is 1.47 bits per heavy atom. The number of rotatable bonds is 7. The number of hydrogen-bond donors (Lipinski definition) is 0. The van der Waals surface area contributed by atoms with Gasteiger partial charge in [0.2, 0.25) is 0 Å². The van der Waals surface area contributed by atoms with Crippen LogP contribution in [-0.4, -0.2) is 21.3 Å². The van der Waals surface area contributed by atoms with Crippen LogP contribution in [0.5, 0.6) is 0 Å². The van der Waals surface area contributed by atoms with E-state index in [1.54, 1.807) is 0 Å². The van der Waals surface area contributed by atoms with Gasteiger partial charge in [-0.1, -0.05) is 26.2 Å². The maximum Gasteiger partial charge on any atom is 0.264 e. The first-order valence-corrected chi connectivity index (χ1v) is 9.55. The van der Waals surface area contributed by atoms with Crippen LogP contribution in [0.1, 0.15) is 71.1 Å². The molecule has 112 valence electrons. The zero-order valence-electron chi connectivity index (χ0n) is 12.4. The van der Waals surface area contributed by atoms with Gasteiger partial charge in [-0.2, -0.15) is 8.42 Å². The normalized spacial score (nSPS) is 34.6. The van der Waals surface area contributed by atoms with Crippen LogP contribution in [0.25, 0.3) is 0 Å². The van der Waals surface area contributed by atoms with Crippen LogP contribution >= 0.6 is 0 Å². The van der Waals surface area contributed by atoms with Crippen molar-refractivity contribution in [1.29, 1.82) is 0 Å². The zero-order valence-corrected chi connectivity index (χ0v) is 13.2. The zero-order chi connectivity index (χ0) is 14.0. The lowest BCUT2D eigenvalue weighted by atomic mass is 9.53. The van der Waals surface area contributed by atoms with Gasteiger partial charge in [0.15, 0.2) is 0 Å². The van der Waals surface area contributed by atoms with E-state index < -0.39 is 10.1 Å². The van der Waals surface area contributed by atoms with Gasteiger partial charge in [0.1, 0.15) is 0 Å². The molecule has 0 aromatic carbocycles. The van der Waals surface area contributed by atoms with Gasteiger partial charge in [0.05, 0.1) is 12.9 Å². The molecule has 0 unspecified atom stereocenters. The Hall–Kier alpha value is -0.0900. The van der Waals surface area contributed by atoms with Crippen LogP contribution in [0.2, 0.25) is 0 Å². The van der Waals surface area contributed by atoms with E-state index in [9.17, 15) is 8.42 Å². The van der Waals surface area contributed by atoms with Crippen molar-refractivity contribution in [3.05, 3.63) is 0 Å². The van der Waals surface area contributed by atoms with Crippen LogP contribution in [-0.2, 0) is 14.3 Å². The van der Waals surface area contributed by atoms with Gasteiger partial charge in [-0.15, -0.1) is 0 Å². The Bertz CT molecular complexity index is 375. The molecule has 0 saturated heterocycles. The monoisotopic (exact) mass is 288 g/mol. The van der Waals surface area contributed by atoms with E-state index in [4.69, 9.17) is 4.18 Å². The molecular formula is C15H28O3S. The van der Waals surface area contributed by atoms with Crippen LogP contribution in [0.3, 0.4) is 0 Å². The van der Waals surface area contributed by atoms with Crippen molar-refractivity contribution in [1.82, 2.24) is 0 Å². The van der Waals surface area contributed by atoms with Gasteiger partial charge in [-0.25, -0.2) is 0 Å². The van der Waals surface area contributed by atoms with Gasteiger partial charge >= 0.3 is 0 Å². The quantitative estimate of drug-likeness (QED) is 0.527. The van der Waals surface area contributed by atoms with E-state index in [0.717, 1.165) is 25.5 Å². The predicted octanol–water partition coefficient (Wildman–Crippen LogP) is 3.88. The minimum atomic E-state index is -3.29. The Labute approximate surface area is 118 Å². The van der Waals surface area contributed by atoms with Crippen molar-refractivity contribution >= 4 is 10.1 Å². The summed E-state index contributed by atoms with van der Waals surface area (Å²) in [5.41, 5.74) is 0.748. The molecule has 0 aliphatic heterocycles. The smallest absolute Gasteiger partial charge is 0.264 e. The summed E-state index contributed by atoms with van der Waals surface area (Å²) < 4.78 is 27.4. The molecule has 0 radical (unpaired) electrons. The van der Waals surface area contributed by atoms with Crippen molar-refractivity contribution in [2.24, 2.45) is 10.8 Å². The van der Waals surface area contributed by atoms with Gasteiger partial charge < -0.3 is 0 Å². The van der Waals surface area contributed by atoms with E-state index in [1.807, 2.05) is 0 Å². The lowest BCUT2D eigenvalue weighted by Gasteiger charge is -2.53. The maximum atomic E-state index is 11.2. The second-order valence-electron chi connectivity index (χ2n) is 6.92. The van der Waals surface area contributed by atoms with E-state index in [0.29, 0.717) is 12.0 Å². The molecule has 3 rings (SSSR count). The highest BCUT2D eigenvalue weighted by Crippen LogP contribution is 2.58. The highest BCUT2D eigenvalue weighted by molar-refractivity contribution is 7.85. The lowest BCUT2D eigenvalue weighted by molar-refractivity contribution is -0.0395. The average molecular weight is 288 g/mol. The van der Waals surface area contributed by atoms with Crippen molar-refractivity contribution in [2.75, 3.05) is 12.9 Å². The van der Waals surface area contributed by atoms with Gasteiger partial charge in [0, 0.05) is 0 Å². The standard InChI is InChI=1S/C15H28O3S/c1-3-4-5-6-14-7-10-15(11-8-14,12-9-14)13-18-19(2,16)17/h3-13H2,1-2H3. The van der Waals surface area contributed by atoms with Gasteiger partial charge in [-0.3, -0.25) is 4.18 Å². The Balaban J connectivity index is 1.86. The molecule has 19 heavy (non-hydrogen) atoms. The largest absolute Gasteiger partial charge is 0.270 e. The van der Waals surface area contributed by atoms with Crippen molar-refractivity contribution in [3.63, 3.8) is 0 Å². The molecule has 4 heteroatoms. The third-order valence-electron chi connectivity index (χ3n) is 5.45.